The molecule has 0 aliphatic carbocycles. The first-order chi connectivity index (χ1) is 8.70. The Balaban J connectivity index is 2.09. The van der Waals surface area contributed by atoms with Crippen molar-refractivity contribution in [1.82, 2.24) is 10.2 Å². The Bertz CT molecular complexity index is 607. The average Bonchev–Trinajstić information content (AvgIpc) is 2.41. The molecule has 1 aromatic carbocycles. The van der Waals surface area contributed by atoms with Gasteiger partial charge in [-0.3, -0.25) is 9.59 Å². The zero-order chi connectivity index (χ0) is 13.0. The lowest BCUT2D eigenvalue weighted by atomic mass is 10.1. The Morgan fingerprint density at radius 2 is 2.06 bits per heavy atom. The van der Waals surface area contributed by atoms with Gasteiger partial charge in [0.05, 0.1) is 11.9 Å². The summed E-state index contributed by atoms with van der Waals surface area (Å²) < 4.78 is 0. The Morgan fingerprint density at radius 1 is 1.33 bits per heavy atom. The first-order valence-electron chi connectivity index (χ1n) is 5.22. The number of carbonyl (C=O) groups excluding carboxylic acids is 1. The first-order valence-corrected chi connectivity index (χ1v) is 5.59. The molecule has 6 heteroatoms. The van der Waals surface area contributed by atoms with Crippen molar-refractivity contribution in [3.8, 4) is 0 Å². The highest BCUT2D eigenvalue weighted by molar-refractivity contribution is 6.32. The molecule has 0 atom stereocenters. The number of nitrogens with zero attached hydrogens (tertiary/aromatic N) is 1. The summed E-state index contributed by atoms with van der Waals surface area (Å²) in [6, 6.07) is 7.10. The quantitative estimate of drug-likeness (QED) is 0.826. The molecule has 2 N–H and O–H groups in total. The van der Waals surface area contributed by atoms with E-state index in [9.17, 15) is 9.59 Å². The van der Waals surface area contributed by atoms with E-state index in [4.69, 9.17) is 11.6 Å². The number of rotatable bonds is 4. The molecule has 0 spiro atoms. The van der Waals surface area contributed by atoms with E-state index < -0.39 is 5.56 Å². The van der Waals surface area contributed by atoms with E-state index in [0.717, 1.165) is 11.8 Å². The number of aromatic amines is 1. The Hall–Kier alpha value is -2.14. The fraction of sp³-hybridized carbons (Fsp3) is 0.0833. The maximum atomic E-state index is 11.2. The van der Waals surface area contributed by atoms with Crippen LogP contribution in [-0.4, -0.2) is 16.5 Å². The van der Waals surface area contributed by atoms with Crippen LogP contribution < -0.4 is 10.9 Å². The minimum absolute atomic E-state index is 0.0783. The second kappa shape index (κ2) is 5.46. The van der Waals surface area contributed by atoms with Crippen LogP contribution >= 0.6 is 11.6 Å². The number of anilines is 1. The summed E-state index contributed by atoms with van der Waals surface area (Å²) in [5, 5.41) is 8.97. The minimum atomic E-state index is -0.432. The van der Waals surface area contributed by atoms with Gasteiger partial charge in [-0.25, -0.2) is 5.10 Å². The van der Waals surface area contributed by atoms with Gasteiger partial charge in [-0.15, -0.1) is 0 Å². The molecule has 18 heavy (non-hydrogen) atoms. The number of aromatic nitrogens is 2. The van der Waals surface area contributed by atoms with Crippen LogP contribution in [0, 0.1) is 0 Å². The zero-order valence-corrected chi connectivity index (χ0v) is 10.1. The van der Waals surface area contributed by atoms with E-state index in [0.29, 0.717) is 17.8 Å². The lowest BCUT2D eigenvalue weighted by molar-refractivity contribution is 0.112. The Kier molecular flexibility index (Phi) is 3.74. The van der Waals surface area contributed by atoms with Gasteiger partial charge < -0.3 is 5.32 Å². The van der Waals surface area contributed by atoms with Crippen molar-refractivity contribution in [2.45, 2.75) is 6.54 Å². The molecule has 2 rings (SSSR count). The summed E-state index contributed by atoms with van der Waals surface area (Å²) in [6.45, 7) is 0.490. The molecule has 0 amide bonds. The van der Waals surface area contributed by atoms with E-state index in [2.05, 4.69) is 15.5 Å². The van der Waals surface area contributed by atoms with E-state index in [1.807, 2.05) is 12.1 Å². The molecule has 0 radical (unpaired) electrons. The summed E-state index contributed by atoms with van der Waals surface area (Å²) in [5.41, 5.74) is 1.63. The van der Waals surface area contributed by atoms with Crippen LogP contribution in [0.1, 0.15) is 15.9 Å². The van der Waals surface area contributed by atoms with E-state index in [1.54, 1.807) is 12.1 Å². The molecule has 1 aromatic heterocycles. The summed E-state index contributed by atoms with van der Waals surface area (Å²) in [4.78, 5) is 21.7. The minimum Gasteiger partial charge on any atom is -0.378 e. The van der Waals surface area contributed by atoms with Crippen molar-refractivity contribution in [1.29, 1.82) is 0 Å². The Morgan fingerprint density at radius 3 is 2.72 bits per heavy atom. The second-order valence-electron chi connectivity index (χ2n) is 3.64. The number of hydrogen-bond acceptors (Lipinski definition) is 4. The Labute approximate surface area is 108 Å². The van der Waals surface area contributed by atoms with Crippen molar-refractivity contribution in [2.24, 2.45) is 0 Å². The molecule has 0 fully saturated rings. The van der Waals surface area contributed by atoms with Crippen molar-refractivity contribution in [3.05, 3.63) is 57.0 Å². The molecule has 0 saturated heterocycles. The third kappa shape index (κ3) is 2.75. The largest absolute Gasteiger partial charge is 0.378 e. The van der Waals surface area contributed by atoms with Crippen LogP contribution in [0.4, 0.5) is 5.69 Å². The average molecular weight is 264 g/mol. The van der Waals surface area contributed by atoms with Crippen molar-refractivity contribution < 1.29 is 4.79 Å². The van der Waals surface area contributed by atoms with Gasteiger partial charge in [0.15, 0.2) is 0 Å². The SMILES string of the molecule is O=Cc1ccc(CNc2cn[nH]c(=O)c2Cl)cc1. The molecule has 5 nitrogen and oxygen atoms in total. The van der Waals surface area contributed by atoms with Gasteiger partial charge in [0, 0.05) is 12.1 Å². The number of hydrogen-bond donors (Lipinski definition) is 2. The highest BCUT2D eigenvalue weighted by Crippen LogP contribution is 2.15. The number of halogens is 1. The lowest BCUT2D eigenvalue weighted by Crippen LogP contribution is -2.11. The molecule has 0 aliphatic rings. The van der Waals surface area contributed by atoms with Crippen LogP contribution in [0.3, 0.4) is 0 Å². The normalized spacial score (nSPS) is 10.1. The van der Waals surface area contributed by atoms with Crippen molar-refractivity contribution >= 4 is 23.6 Å². The monoisotopic (exact) mass is 263 g/mol. The molecule has 2 aromatic rings. The summed E-state index contributed by atoms with van der Waals surface area (Å²) in [5.74, 6) is 0. The van der Waals surface area contributed by atoms with E-state index >= 15 is 0 Å². The summed E-state index contributed by atoms with van der Waals surface area (Å²) in [6.07, 6.45) is 2.23. The summed E-state index contributed by atoms with van der Waals surface area (Å²) in [7, 11) is 0. The number of nitrogens with one attached hydrogen (secondary N) is 2. The number of aldehydes is 1. The van der Waals surface area contributed by atoms with E-state index in [1.165, 1.54) is 6.20 Å². The maximum Gasteiger partial charge on any atom is 0.285 e. The van der Waals surface area contributed by atoms with Gasteiger partial charge in [-0.1, -0.05) is 35.9 Å². The van der Waals surface area contributed by atoms with Gasteiger partial charge in [0.2, 0.25) is 0 Å². The number of carbonyl (C=O) groups is 1. The fourth-order valence-electron chi connectivity index (χ4n) is 1.42. The van der Waals surface area contributed by atoms with Crippen LogP contribution in [0.25, 0.3) is 0 Å². The fourth-order valence-corrected chi connectivity index (χ4v) is 1.58. The third-order valence-electron chi connectivity index (χ3n) is 2.39. The van der Waals surface area contributed by atoms with E-state index in [-0.39, 0.29) is 5.02 Å². The van der Waals surface area contributed by atoms with Gasteiger partial charge in [-0.2, -0.15) is 5.10 Å². The molecule has 1 heterocycles. The topological polar surface area (TPSA) is 74.8 Å². The van der Waals surface area contributed by atoms with Gasteiger partial charge in [0.25, 0.3) is 5.56 Å². The molecular formula is C12H10ClN3O2. The van der Waals surface area contributed by atoms with Crippen LogP contribution in [0.15, 0.2) is 35.3 Å². The molecule has 92 valence electrons. The molecular weight excluding hydrogens is 254 g/mol. The molecule has 0 unspecified atom stereocenters. The number of H-pyrrole nitrogens is 1. The van der Waals surface area contributed by atoms with Crippen LogP contribution in [0.2, 0.25) is 5.02 Å². The highest BCUT2D eigenvalue weighted by atomic mass is 35.5. The van der Waals surface area contributed by atoms with Crippen LogP contribution in [-0.2, 0) is 6.54 Å². The van der Waals surface area contributed by atoms with Gasteiger partial charge >= 0.3 is 0 Å². The molecule has 0 bridgehead atoms. The third-order valence-corrected chi connectivity index (χ3v) is 2.77. The second-order valence-corrected chi connectivity index (χ2v) is 4.02. The molecule has 0 saturated carbocycles. The summed E-state index contributed by atoms with van der Waals surface area (Å²) >= 11 is 5.81. The maximum absolute atomic E-state index is 11.2. The van der Waals surface area contributed by atoms with Crippen LogP contribution in [0.5, 0.6) is 0 Å². The highest BCUT2D eigenvalue weighted by Gasteiger charge is 2.04. The predicted octanol–water partition coefficient (Wildman–Crippen LogP) is 1.85. The zero-order valence-electron chi connectivity index (χ0n) is 9.31. The standard InChI is InChI=1S/C12H10ClN3O2/c13-11-10(6-15-16-12(11)18)14-5-8-1-3-9(7-17)4-2-8/h1-4,6-7H,5H2,(H2,14,16,18). The lowest BCUT2D eigenvalue weighted by Gasteiger charge is -2.07. The number of benzene rings is 1. The predicted molar refractivity (Wildman–Crippen MR) is 69.0 cm³/mol. The molecule has 0 aliphatic heterocycles. The van der Waals surface area contributed by atoms with Gasteiger partial charge in [-0.05, 0) is 5.56 Å². The van der Waals surface area contributed by atoms with Gasteiger partial charge in [0.1, 0.15) is 11.3 Å². The first kappa shape index (κ1) is 12.3. The smallest absolute Gasteiger partial charge is 0.285 e. The van der Waals surface area contributed by atoms with Crippen molar-refractivity contribution in [2.75, 3.05) is 5.32 Å². The van der Waals surface area contributed by atoms with Crippen molar-refractivity contribution in [3.63, 3.8) is 0 Å².